The van der Waals surface area contributed by atoms with Gasteiger partial charge in [-0.2, -0.15) is 0 Å². The molecule has 3 rings (SSSR count). The van der Waals surface area contributed by atoms with Crippen molar-refractivity contribution in [3.8, 4) is 0 Å². The standard InChI is InChI=1S/C17H21NO3/c1-17(7-3-2-4-8-17)16(21)18-10-13-6-5-12(15(19)20)9-14(13)11-18/h5-6,9H,2-4,7-8,10-11H2,1H3,(H,19,20). The third-order valence-electron chi connectivity index (χ3n) is 4.94. The molecule has 21 heavy (non-hydrogen) atoms. The highest BCUT2D eigenvalue weighted by Crippen LogP contribution is 2.39. The van der Waals surface area contributed by atoms with E-state index in [4.69, 9.17) is 5.11 Å². The first kappa shape index (κ1) is 14.1. The molecule has 112 valence electrons. The largest absolute Gasteiger partial charge is 0.478 e. The third-order valence-corrected chi connectivity index (χ3v) is 4.94. The van der Waals surface area contributed by atoms with E-state index in [-0.39, 0.29) is 11.3 Å². The number of hydrogen-bond donors (Lipinski definition) is 1. The molecule has 0 saturated heterocycles. The number of carboxylic acids is 1. The maximum Gasteiger partial charge on any atom is 0.335 e. The van der Waals surface area contributed by atoms with Gasteiger partial charge in [0.2, 0.25) is 5.91 Å². The van der Waals surface area contributed by atoms with Gasteiger partial charge in [0.1, 0.15) is 0 Å². The molecule has 1 saturated carbocycles. The summed E-state index contributed by atoms with van der Waals surface area (Å²) < 4.78 is 0. The zero-order valence-corrected chi connectivity index (χ0v) is 12.4. The fourth-order valence-corrected chi connectivity index (χ4v) is 3.60. The fraction of sp³-hybridized carbons (Fsp3) is 0.529. The van der Waals surface area contributed by atoms with Crippen molar-refractivity contribution >= 4 is 11.9 Å². The number of nitrogens with zero attached hydrogens (tertiary/aromatic N) is 1. The zero-order chi connectivity index (χ0) is 15.0. The topological polar surface area (TPSA) is 57.6 Å². The van der Waals surface area contributed by atoms with Crippen LogP contribution in [0.2, 0.25) is 0 Å². The van der Waals surface area contributed by atoms with Crippen molar-refractivity contribution in [1.29, 1.82) is 0 Å². The quantitative estimate of drug-likeness (QED) is 0.908. The number of carbonyl (C=O) groups excluding carboxylic acids is 1. The average molecular weight is 287 g/mol. The second-order valence-corrected chi connectivity index (χ2v) is 6.57. The Balaban J connectivity index is 1.78. The number of carbonyl (C=O) groups is 2. The van der Waals surface area contributed by atoms with Crippen molar-refractivity contribution in [1.82, 2.24) is 4.90 Å². The van der Waals surface area contributed by atoms with Crippen LogP contribution in [0.4, 0.5) is 0 Å². The van der Waals surface area contributed by atoms with Crippen LogP contribution in [-0.2, 0) is 17.9 Å². The molecule has 1 heterocycles. The molecule has 1 aromatic rings. The van der Waals surface area contributed by atoms with Gasteiger partial charge >= 0.3 is 5.97 Å². The minimum Gasteiger partial charge on any atom is -0.478 e. The number of fused-ring (bicyclic) bond motifs is 1. The average Bonchev–Trinajstić information content (AvgIpc) is 2.89. The predicted molar refractivity (Wildman–Crippen MR) is 78.8 cm³/mol. The summed E-state index contributed by atoms with van der Waals surface area (Å²) in [7, 11) is 0. The molecule has 0 spiro atoms. The third kappa shape index (κ3) is 2.55. The molecule has 2 aliphatic rings. The number of benzene rings is 1. The molecule has 1 aromatic carbocycles. The summed E-state index contributed by atoms with van der Waals surface area (Å²) in [6.07, 6.45) is 5.43. The van der Waals surface area contributed by atoms with Gasteiger partial charge in [-0.1, -0.05) is 32.3 Å². The summed E-state index contributed by atoms with van der Waals surface area (Å²) in [6.45, 7) is 3.24. The minimum absolute atomic E-state index is 0.226. The SMILES string of the molecule is CC1(C(=O)N2Cc3ccc(C(=O)O)cc3C2)CCCCC1. The Hall–Kier alpha value is -1.84. The molecule has 4 nitrogen and oxygen atoms in total. The first-order chi connectivity index (χ1) is 9.99. The summed E-state index contributed by atoms with van der Waals surface area (Å²) >= 11 is 0. The molecule has 1 N–H and O–H groups in total. The highest BCUT2D eigenvalue weighted by atomic mass is 16.4. The molecule has 1 aliphatic heterocycles. The van der Waals surface area contributed by atoms with Gasteiger partial charge in [-0.15, -0.1) is 0 Å². The lowest BCUT2D eigenvalue weighted by atomic mass is 9.74. The summed E-state index contributed by atoms with van der Waals surface area (Å²) in [4.78, 5) is 25.7. The Morgan fingerprint density at radius 1 is 1.10 bits per heavy atom. The van der Waals surface area contributed by atoms with Crippen molar-refractivity contribution in [2.24, 2.45) is 5.41 Å². The van der Waals surface area contributed by atoms with E-state index in [2.05, 4.69) is 6.92 Å². The molecule has 0 unspecified atom stereocenters. The Bertz CT molecular complexity index is 588. The van der Waals surface area contributed by atoms with Gasteiger partial charge in [-0.3, -0.25) is 4.79 Å². The number of rotatable bonds is 2. The Morgan fingerprint density at radius 3 is 2.43 bits per heavy atom. The predicted octanol–water partition coefficient (Wildman–Crippen LogP) is 3.20. The summed E-state index contributed by atoms with van der Waals surface area (Å²) in [6, 6.07) is 5.17. The summed E-state index contributed by atoms with van der Waals surface area (Å²) in [5, 5.41) is 9.06. The van der Waals surface area contributed by atoms with Crippen LogP contribution in [0.25, 0.3) is 0 Å². The molecule has 0 aromatic heterocycles. The van der Waals surface area contributed by atoms with Crippen molar-refractivity contribution in [3.63, 3.8) is 0 Å². The lowest BCUT2D eigenvalue weighted by Crippen LogP contribution is -2.40. The second kappa shape index (κ2) is 5.17. The van der Waals surface area contributed by atoms with Crippen molar-refractivity contribution in [2.45, 2.75) is 52.1 Å². The van der Waals surface area contributed by atoms with Crippen molar-refractivity contribution in [3.05, 3.63) is 34.9 Å². The van der Waals surface area contributed by atoms with Gasteiger partial charge < -0.3 is 10.0 Å². The van der Waals surface area contributed by atoms with Crippen LogP contribution in [0.1, 0.15) is 60.5 Å². The van der Waals surface area contributed by atoms with Crippen LogP contribution in [0.5, 0.6) is 0 Å². The number of amides is 1. The summed E-state index contributed by atoms with van der Waals surface area (Å²) in [5.41, 5.74) is 2.12. The number of hydrogen-bond acceptors (Lipinski definition) is 2. The van der Waals surface area contributed by atoms with Gasteiger partial charge in [0.05, 0.1) is 5.56 Å². The lowest BCUT2D eigenvalue weighted by Gasteiger charge is -2.35. The Kier molecular flexibility index (Phi) is 3.47. The molecular weight excluding hydrogens is 266 g/mol. The molecule has 0 atom stereocenters. The minimum atomic E-state index is -0.915. The van der Waals surface area contributed by atoms with E-state index in [1.807, 2.05) is 11.0 Å². The van der Waals surface area contributed by atoms with E-state index >= 15 is 0 Å². The van der Waals surface area contributed by atoms with Crippen LogP contribution >= 0.6 is 0 Å². The maximum absolute atomic E-state index is 12.8. The van der Waals surface area contributed by atoms with Gasteiger partial charge in [-0.25, -0.2) is 4.79 Å². The lowest BCUT2D eigenvalue weighted by molar-refractivity contribution is -0.143. The van der Waals surface area contributed by atoms with Crippen LogP contribution in [-0.4, -0.2) is 21.9 Å². The monoisotopic (exact) mass is 287 g/mol. The normalized spacial score (nSPS) is 20.1. The molecule has 1 aliphatic carbocycles. The molecule has 4 heteroatoms. The highest BCUT2D eigenvalue weighted by Gasteiger charge is 2.39. The van der Waals surface area contributed by atoms with Crippen LogP contribution in [0.15, 0.2) is 18.2 Å². The van der Waals surface area contributed by atoms with E-state index in [1.54, 1.807) is 12.1 Å². The van der Waals surface area contributed by atoms with Gasteiger partial charge in [0.25, 0.3) is 0 Å². The van der Waals surface area contributed by atoms with Crippen LogP contribution in [0.3, 0.4) is 0 Å². The van der Waals surface area contributed by atoms with E-state index in [1.165, 1.54) is 6.42 Å². The molecule has 0 radical (unpaired) electrons. The maximum atomic E-state index is 12.8. The second-order valence-electron chi connectivity index (χ2n) is 6.57. The van der Waals surface area contributed by atoms with Crippen molar-refractivity contribution in [2.75, 3.05) is 0 Å². The molecule has 0 bridgehead atoms. The number of carboxylic acid groups (broad SMARTS) is 1. The molecule has 1 fully saturated rings. The van der Waals surface area contributed by atoms with E-state index < -0.39 is 5.97 Å². The van der Waals surface area contributed by atoms with E-state index in [0.717, 1.165) is 36.8 Å². The smallest absolute Gasteiger partial charge is 0.335 e. The zero-order valence-electron chi connectivity index (χ0n) is 12.4. The molecule has 1 amide bonds. The van der Waals surface area contributed by atoms with Crippen LogP contribution in [0, 0.1) is 5.41 Å². The highest BCUT2D eigenvalue weighted by molar-refractivity contribution is 5.88. The van der Waals surface area contributed by atoms with Crippen molar-refractivity contribution < 1.29 is 14.7 Å². The molecular formula is C17H21NO3. The van der Waals surface area contributed by atoms with Crippen LogP contribution < -0.4 is 0 Å². The first-order valence-corrected chi connectivity index (χ1v) is 7.64. The number of aromatic carboxylic acids is 1. The van der Waals surface area contributed by atoms with Gasteiger partial charge in [-0.05, 0) is 36.1 Å². The Morgan fingerprint density at radius 2 is 1.76 bits per heavy atom. The fourth-order valence-electron chi connectivity index (χ4n) is 3.60. The van der Waals surface area contributed by atoms with E-state index in [0.29, 0.717) is 18.7 Å². The Labute approximate surface area is 124 Å². The van der Waals surface area contributed by atoms with Gasteiger partial charge in [0.15, 0.2) is 0 Å². The van der Waals surface area contributed by atoms with E-state index in [9.17, 15) is 9.59 Å². The van der Waals surface area contributed by atoms with Gasteiger partial charge in [0, 0.05) is 18.5 Å². The first-order valence-electron chi connectivity index (χ1n) is 7.64. The summed E-state index contributed by atoms with van der Waals surface area (Å²) in [5.74, 6) is -0.683.